The molecule has 0 radical (unpaired) electrons. The summed E-state index contributed by atoms with van der Waals surface area (Å²) in [5.74, 6) is -0.177. The van der Waals surface area contributed by atoms with Crippen LogP contribution in [0.1, 0.15) is 72.6 Å². The van der Waals surface area contributed by atoms with E-state index in [2.05, 4.69) is 6.92 Å². The van der Waals surface area contributed by atoms with Crippen LogP contribution in [0.3, 0.4) is 0 Å². The molecule has 0 amide bonds. The lowest BCUT2D eigenvalue weighted by molar-refractivity contribution is -0.149. The molecule has 0 aromatic carbocycles. The van der Waals surface area contributed by atoms with E-state index in [4.69, 9.17) is 9.47 Å². The van der Waals surface area contributed by atoms with Crippen molar-refractivity contribution in [3.05, 3.63) is 0 Å². The normalized spacial score (nSPS) is 24.9. The smallest absolute Gasteiger partial charge is 0.341 e. The van der Waals surface area contributed by atoms with Gasteiger partial charge in [0, 0.05) is 0 Å². The van der Waals surface area contributed by atoms with Crippen LogP contribution in [0.4, 0.5) is 0 Å². The fourth-order valence-corrected chi connectivity index (χ4v) is 2.55. The fourth-order valence-electron chi connectivity index (χ4n) is 2.55. The molecule has 0 aliphatic carbocycles. The monoisotopic (exact) mass is 256 g/mol. The Kier molecular flexibility index (Phi) is 5.64. The van der Waals surface area contributed by atoms with E-state index in [9.17, 15) is 4.79 Å². The molecular formula is C15H28O3. The minimum Gasteiger partial charge on any atom is -0.464 e. The quantitative estimate of drug-likeness (QED) is 0.357. The van der Waals surface area contributed by atoms with Crippen LogP contribution >= 0.6 is 0 Å². The third-order valence-electron chi connectivity index (χ3n) is 3.85. The van der Waals surface area contributed by atoms with Crippen molar-refractivity contribution in [3.8, 4) is 0 Å². The lowest BCUT2D eigenvalue weighted by atomic mass is 9.90. The number of rotatable bonds is 9. The fraction of sp³-hybridized carbons (Fsp3) is 0.933. The molecule has 0 N–H and O–H groups in total. The highest BCUT2D eigenvalue weighted by Crippen LogP contribution is 2.51. The summed E-state index contributed by atoms with van der Waals surface area (Å²) in [6.07, 6.45) is 8.16. The zero-order valence-electron chi connectivity index (χ0n) is 12.4. The molecule has 0 saturated carbocycles. The summed E-state index contributed by atoms with van der Waals surface area (Å²) in [5.41, 5.74) is -1.00. The topological polar surface area (TPSA) is 38.8 Å². The van der Waals surface area contributed by atoms with E-state index in [0.717, 1.165) is 12.8 Å². The van der Waals surface area contributed by atoms with E-state index in [0.29, 0.717) is 6.61 Å². The van der Waals surface area contributed by atoms with Crippen molar-refractivity contribution in [1.29, 1.82) is 0 Å². The summed E-state index contributed by atoms with van der Waals surface area (Å²) in [5, 5.41) is 0. The van der Waals surface area contributed by atoms with Gasteiger partial charge in [0.05, 0.1) is 6.61 Å². The Hall–Kier alpha value is -0.570. The van der Waals surface area contributed by atoms with Gasteiger partial charge in [0.2, 0.25) is 0 Å². The lowest BCUT2D eigenvalue weighted by Gasteiger charge is -2.13. The van der Waals surface area contributed by atoms with Crippen molar-refractivity contribution in [2.75, 3.05) is 6.61 Å². The SMILES string of the molecule is CCCCCCCCC1(C(=O)OCC)OC1(C)C. The maximum atomic E-state index is 12.0. The largest absolute Gasteiger partial charge is 0.464 e. The molecule has 3 nitrogen and oxygen atoms in total. The molecule has 1 fully saturated rings. The van der Waals surface area contributed by atoms with Crippen LogP contribution in [0, 0.1) is 0 Å². The van der Waals surface area contributed by atoms with Crippen LogP contribution in [0.5, 0.6) is 0 Å². The first kappa shape index (κ1) is 15.5. The van der Waals surface area contributed by atoms with Gasteiger partial charge in [-0.15, -0.1) is 0 Å². The molecule has 1 aliphatic heterocycles. The minimum atomic E-state index is -0.659. The molecule has 1 unspecified atom stereocenters. The zero-order chi connectivity index (χ0) is 13.6. The second-order valence-corrected chi connectivity index (χ2v) is 5.68. The van der Waals surface area contributed by atoms with Crippen LogP contribution in [-0.4, -0.2) is 23.8 Å². The molecule has 0 bridgehead atoms. The molecule has 0 aromatic heterocycles. The summed E-state index contributed by atoms with van der Waals surface area (Å²) >= 11 is 0. The first-order valence-corrected chi connectivity index (χ1v) is 7.37. The maximum Gasteiger partial charge on any atom is 0.341 e. The number of hydrogen-bond acceptors (Lipinski definition) is 3. The van der Waals surface area contributed by atoms with Crippen molar-refractivity contribution in [2.24, 2.45) is 0 Å². The molecule has 1 saturated heterocycles. The summed E-state index contributed by atoms with van der Waals surface area (Å²) in [6.45, 7) is 8.43. The molecule has 1 heterocycles. The van der Waals surface area contributed by atoms with Crippen molar-refractivity contribution >= 4 is 5.97 Å². The van der Waals surface area contributed by atoms with Gasteiger partial charge in [0.15, 0.2) is 5.60 Å². The van der Waals surface area contributed by atoms with Crippen LogP contribution in [0.2, 0.25) is 0 Å². The van der Waals surface area contributed by atoms with E-state index in [1.807, 2.05) is 20.8 Å². The predicted molar refractivity (Wildman–Crippen MR) is 72.5 cm³/mol. The highest BCUT2D eigenvalue weighted by molar-refractivity contribution is 5.84. The number of hydrogen-bond donors (Lipinski definition) is 0. The van der Waals surface area contributed by atoms with Gasteiger partial charge in [-0.2, -0.15) is 0 Å². The Morgan fingerprint density at radius 3 is 2.11 bits per heavy atom. The molecule has 0 aromatic rings. The van der Waals surface area contributed by atoms with Crippen LogP contribution in [0.15, 0.2) is 0 Å². The Morgan fingerprint density at radius 1 is 1.06 bits per heavy atom. The van der Waals surface area contributed by atoms with E-state index >= 15 is 0 Å². The number of carbonyl (C=O) groups is 1. The summed E-state index contributed by atoms with van der Waals surface area (Å²) in [6, 6.07) is 0. The number of esters is 1. The minimum absolute atomic E-state index is 0.177. The predicted octanol–water partition coefficient (Wildman–Crippen LogP) is 3.85. The number of unbranched alkanes of at least 4 members (excludes halogenated alkanes) is 5. The number of epoxide rings is 1. The maximum absolute atomic E-state index is 12.0. The summed E-state index contributed by atoms with van der Waals surface area (Å²) < 4.78 is 10.8. The standard InChI is InChI=1S/C15H28O3/c1-5-7-8-9-10-11-12-15(13(16)17-6-2)14(3,4)18-15/h5-12H2,1-4H3. The second kappa shape index (κ2) is 6.55. The van der Waals surface area contributed by atoms with Crippen molar-refractivity contribution in [2.45, 2.75) is 83.8 Å². The van der Waals surface area contributed by atoms with Crippen molar-refractivity contribution in [1.82, 2.24) is 0 Å². The van der Waals surface area contributed by atoms with Gasteiger partial charge in [0.1, 0.15) is 5.60 Å². The molecule has 0 spiro atoms. The molecule has 18 heavy (non-hydrogen) atoms. The Labute approximate surface area is 111 Å². The van der Waals surface area contributed by atoms with Gasteiger partial charge in [-0.1, -0.05) is 39.0 Å². The molecular weight excluding hydrogens is 228 g/mol. The molecule has 3 heteroatoms. The van der Waals surface area contributed by atoms with E-state index in [1.165, 1.54) is 32.1 Å². The number of carbonyl (C=O) groups excluding carboxylic acids is 1. The van der Waals surface area contributed by atoms with Crippen LogP contribution < -0.4 is 0 Å². The third-order valence-corrected chi connectivity index (χ3v) is 3.85. The summed E-state index contributed by atoms with van der Waals surface area (Å²) in [4.78, 5) is 12.0. The van der Waals surface area contributed by atoms with Crippen LogP contribution in [0.25, 0.3) is 0 Å². The first-order chi connectivity index (χ1) is 8.50. The van der Waals surface area contributed by atoms with Gasteiger partial charge in [-0.05, 0) is 33.6 Å². The van der Waals surface area contributed by atoms with Crippen molar-refractivity contribution < 1.29 is 14.3 Å². The van der Waals surface area contributed by atoms with E-state index in [-0.39, 0.29) is 11.6 Å². The van der Waals surface area contributed by atoms with E-state index in [1.54, 1.807) is 0 Å². The molecule has 1 atom stereocenters. The molecule has 1 rings (SSSR count). The number of ether oxygens (including phenoxy) is 2. The molecule has 106 valence electrons. The Bertz CT molecular complexity index is 273. The zero-order valence-corrected chi connectivity index (χ0v) is 12.4. The Balaban J connectivity index is 2.30. The average Bonchev–Trinajstić information content (AvgIpc) is 2.88. The van der Waals surface area contributed by atoms with Crippen molar-refractivity contribution in [3.63, 3.8) is 0 Å². The second-order valence-electron chi connectivity index (χ2n) is 5.68. The van der Waals surface area contributed by atoms with Gasteiger partial charge < -0.3 is 9.47 Å². The third kappa shape index (κ3) is 3.47. The van der Waals surface area contributed by atoms with E-state index < -0.39 is 5.60 Å². The Morgan fingerprint density at radius 2 is 1.61 bits per heavy atom. The average molecular weight is 256 g/mol. The summed E-state index contributed by atoms with van der Waals surface area (Å²) in [7, 11) is 0. The highest BCUT2D eigenvalue weighted by atomic mass is 16.7. The van der Waals surface area contributed by atoms with Gasteiger partial charge in [-0.25, -0.2) is 4.79 Å². The van der Waals surface area contributed by atoms with Crippen LogP contribution in [-0.2, 0) is 14.3 Å². The first-order valence-electron chi connectivity index (χ1n) is 7.37. The highest BCUT2D eigenvalue weighted by Gasteiger charge is 2.69. The van der Waals surface area contributed by atoms with Gasteiger partial charge in [-0.3, -0.25) is 0 Å². The van der Waals surface area contributed by atoms with Gasteiger partial charge >= 0.3 is 5.97 Å². The van der Waals surface area contributed by atoms with Gasteiger partial charge in [0.25, 0.3) is 0 Å². The lowest BCUT2D eigenvalue weighted by Crippen LogP contribution is -2.33. The molecule has 1 aliphatic rings.